The van der Waals surface area contributed by atoms with Gasteiger partial charge in [-0.05, 0) is 30.9 Å². The van der Waals surface area contributed by atoms with Crippen LogP contribution in [-0.2, 0) is 6.18 Å². The molecule has 1 aromatic heterocycles. The van der Waals surface area contributed by atoms with Crippen LogP contribution in [0.2, 0.25) is 0 Å². The Kier molecular flexibility index (Phi) is 4.74. The van der Waals surface area contributed by atoms with Gasteiger partial charge in [0, 0.05) is 18.7 Å². The van der Waals surface area contributed by atoms with Gasteiger partial charge in [-0.25, -0.2) is 4.98 Å². The van der Waals surface area contributed by atoms with E-state index in [1.54, 1.807) is 4.90 Å². The summed E-state index contributed by atoms with van der Waals surface area (Å²) in [5.41, 5.74) is 0.359. The predicted octanol–water partition coefficient (Wildman–Crippen LogP) is 4.03. The Morgan fingerprint density at radius 1 is 1.12 bits per heavy atom. The van der Waals surface area contributed by atoms with Crippen molar-refractivity contribution in [1.29, 1.82) is 0 Å². The lowest BCUT2D eigenvalue weighted by atomic mass is 9.99. The summed E-state index contributed by atoms with van der Waals surface area (Å²) in [6, 6.07) is 4.67. The molecule has 0 atom stereocenters. The van der Waals surface area contributed by atoms with Crippen LogP contribution in [-0.4, -0.2) is 33.9 Å². The van der Waals surface area contributed by atoms with Crippen LogP contribution in [0.5, 0.6) is 0 Å². The maximum atomic E-state index is 12.6. The molecule has 0 bridgehead atoms. The topological polar surface area (TPSA) is 46.1 Å². The molecule has 132 valence electrons. The Balaban J connectivity index is 1.80. The highest BCUT2D eigenvalue weighted by Gasteiger charge is 2.30. The first kappa shape index (κ1) is 17.4. The molecule has 1 amide bonds. The highest BCUT2D eigenvalue weighted by Crippen LogP contribution is 2.30. The SMILES string of the molecule is CC1CCN(C(=O)c2cncc(-c3ccc(C(F)(F)F)cc3)n2)CC1. The molecule has 1 saturated heterocycles. The zero-order valence-electron chi connectivity index (χ0n) is 13.8. The van der Waals surface area contributed by atoms with Crippen LogP contribution in [0.25, 0.3) is 11.3 Å². The Morgan fingerprint density at radius 3 is 2.36 bits per heavy atom. The van der Waals surface area contributed by atoms with Crippen molar-refractivity contribution in [3.63, 3.8) is 0 Å². The van der Waals surface area contributed by atoms with E-state index < -0.39 is 11.7 Å². The minimum atomic E-state index is -4.38. The van der Waals surface area contributed by atoms with Crippen molar-refractivity contribution >= 4 is 5.91 Å². The van der Waals surface area contributed by atoms with E-state index in [2.05, 4.69) is 16.9 Å². The summed E-state index contributed by atoms with van der Waals surface area (Å²) >= 11 is 0. The van der Waals surface area contributed by atoms with Gasteiger partial charge in [-0.1, -0.05) is 19.1 Å². The van der Waals surface area contributed by atoms with Crippen molar-refractivity contribution in [1.82, 2.24) is 14.9 Å². The van der Waals surface area contributed by atoms with Crippen LogP contribution < -0.4 is 0 Å². The number of hydrogen-bond donors (Lipinski definition) is 0. The molecule has 4 nitrogen and oxygen atoms in total. The fraction of sp³-hybridized carbons (Fsp3) is 0.389. The van der Waals surface area contributed by atoms with Crippen LogP contribution in [0.1, 0.15) is 35.8 Å². The number of likely N-dealkylation sites (tertiary alicyclic amines) is 1. The van der Waals surface area contributed by atoms with E-state index in [4.69, 9.17) is 0 Å². The molecule has 3 rings (SSSR count). The molecule has 0 aliphatic carbocycles. The molecule has 2 aromatic rings. The first-order valence-corrected chi connectivity index (χ1v) is 8.13. The average Bonchev–Trinajstić information content (AvgIpc) is 2.61. The maximum absolute atomic E-state index is 12.6. The molecule has 0 unspecified atom stereocenters. The molecule has 1 aliphatic heterocycles. The fourth-order valence-corrected chi connectivity index (χ4v) is 2.81. The standard InChI is InChI=1S/C18H18F3N3O/c1-12-6-8-24(9-7-12)17(25)16-11-22-10-15(23-16)13-2-4-14(5-3-13)18(19,20)21/h2-5,10-12H,6-9H2,1H3. The zero-order chi connectivity index (χ0) is 18.0. The van der Waals surface area contributed by atoms with Gasteiger partial charge in [0.25, 0.3) is 5.91 Å². The third-order valence-corrected chi connectivity index (χ3v) is 4.43. The first-order chi connectivity index (χ1) is 11.8. The molecule has 1 fully saturated rings. The minimum Gasteiger partial charge on any atom is -0.337 e. The summed E-state index contributed by atoms with van der Waals surface area (Å²) in [4.78, 5) is 22.6. The lowest BCUT2D eigenvalue weighted by molar-refractivity contribution is -0.137. The van der Waals surface area contributed by atoms with Crippen LogP contribution in [0.3, 0.4) is 0 Å². The first-order valence-electron chi connectivity index (χ1n) is 8.13. The van der Waals surface area contributed by atoms with E-state index >= 15 is 0 Å². The minimum absolute atomic E-state index is 0.187. The van der Waals surface area contributed by atoms with Crippen molar-refractivity contribution in [2.45, 2.75) is 25.9 Å². The third-order valence-electron chi connectivity index (χ3n) is 4.43. The van der Waals surface area contributed by atoms with Crippen LogP contribution in [0.15, 0.2) is 36.7 Å². The molecule has 2 heterocycles. The van der Waals surface area contributed by atoms with Gasteiger partial charge in [-0.15, -0.1) is 0 Å². The lowest BCUT2D eigenvalue weighted by Gasteiger charge is -2.29. The van der Waals surface area contributed by atoms with Gasteiger partial charge in [0.05, 0.1) is 23.7 Å². The number of amides is 1. The van der Waals surface area contributed by atoms with Crippen molar-refractivity contribution in [3.8, 4) is 11.3 Å². The molecule has 25 heavy (non-hydrogen) atoms. The highest BCUT2D eigenvalue weighted by molar-refractivity contribution is 5.92. The van der Waals surface area contributed by atoms with Gasteiger partial charge < -0.3 is 4.90 Å². The number of halogens is 3. The van der Waals surface area contributed by atoms with Crippen LogP contribution in [0, 0.1) is 5.92 Å². The molecule has 1 aliphatic rings. The number of benzene rings is 1. The number of nitrogens with zero attached hydrogens (tertiary/aromatic N) is 3. The smallest absolute Gasteiger partial charge is 0.337 e. The summed E-state index contributed by atoms with van der Waals surface area (Å²) in [5, 5.41) is 0. The number of piperidine rings is 1. The Morgan fingerprint density at radius 2 is 1.76 bits per heavy atom. The average molecular weight is 349 g/mol. The van der Waals surface area contributed by atoms with E-state index in [9.17, 15) is 18.0 Å². The molecular weight excluding hydrogens is 331 g/mol. The summed E-state index contributed by atoms with van der Waals surface area (Å²) in [5.74, 6) is 0.418. The molecule has 0 N–H and O–H groups in total. The zero-order valence-corrected chi connectivity index (χ0v) is 13.8. The van der Waals surface area contributed by atoms with Crippen LogP contribution in [0.4, 0.5) is 13.2 Å². The number of carbonyl (C=O) groups is 1. The number of hydrogen-bond acceptors (Lipinski definition) is 3. The Hall–Kier alpha value is -2.44. The Labute approximate surface area is 143 Å². The number of aromatic nitrogens is 2. The summed E-state index contributed by atoms with van der Waals surface area (Å²) in [6.45, 7) is 3.53. The lowest BCUT2D eigenvalue weighted by Crippen LogP contribution is -2.38. The molecule has 0 radical (unpaired) electrons. The van der Waals surface area contributed by atoms with Crippen LogP contribution >= 0.6 is 0 Å². The summed E-state index contributed by atoms with van der Waals surface area (Å²) in [6.07, 6.45) is 0.370. The van der Waals surface area contributed by atoms with Crippen molar-refractivity contribution in [2.24, 2.45) is 5.92 Å². The molecular formula is C18H18F3N3O. The van der Waals surface area contributed by atoms with E-state index in [1.807, 2.05) is 0 Å². The second-order valence-corrected chi connectivity index (χ2v) is 6.34. The third kappa shape index (κ3) is 3.97. The predicted molar refractivity (Wildman–Crippen MR) is 86.8 cm³/mol. The van der Waals surface area contributed by atoms with Crippen molar-refractivity contribution in [3.05, 3.63) is 47.9 Å². The molecule has 7 heteroatoms. The van der Waals surface area contributed by atoms with Gasteiger partial charge in [-0.3, -0.25) is 9.78 Å². The molecule has 0 saturated carbocycles. The number of rotatable bonds is 2. The van der Waals surface area contributed by atoms with E-state index in [-0.39, 0.29) is 11.6 Å². The summed E-state index contributed by atoms with van der Waals surface area (Å²) in [7, 11) is 0. The second kappa shape index (κ2) is 6.82. The fourth-order valence-electron chi connectivity index (χ4n) is 2.81. The second-order valence-electron chi connectivity index (χ2n) is 6.34. The Bertz CT molecular complexity index is 751. The van der Waals surface area contributed by atoms with E-state index in [1.165, 1.54) is 24.5 Å². The van der Waals surface area contributed by atoms with Gasteiger partial charge in [0.15, 0.2) is 0 Å². The van der Waals surface area contributed by atoms with Crippen molar-refractivity contribution < 1.29 is 18.0 Å². The molecule has 1 aromatic carbocycles. The quantitative estimate of drug-likeness (QED) is 0.822. The molecule has 0 spiro atoms. The van der Waals surface area contributed by atoms with E-state index in [0.29, 0.717) is 30.3 Å². The number of alkyl halides is 3. The van der Waals surface area contributed by atoms with Crippen molar-refractivity contribution in [2.75, 3.05) is 13.1 Å². The monoisotopic (exact) mass is 349 g/mol. The largest absolute Gasteiger partial charge is 0.416 e. The van der Waals surface area contributed by atoms with Gasteiger partial charge >= 0.3 is 6.18 Å². The maximum Gasteiger partial charge on any atom is 0.416 e. The van der Waals surface area contributed by atoms with E-state index in [0.717, 1.165) is 25.0 Å². The van der Waals surface area contributed by atoms with Gasteiger partial charge in [-0.2, -0.15) is 13.2 Å². The summed E-state index contributed by atoms with van der Waals surface area (Å²) < 4.78 is 37.9. The highest BCUT2D eigenvalue weighted by atomic mass is 19.4. The number of carbonyl (C=O) groups excluding carboxylic acids is 1. The normalized spacial score (nSPS) is 16.1. The van der Waals surface area contributed by atoms with Gasteiger partial charge in [0.2, 0.25) is 0 Å². The van der Waals surface area contributed by atoms with Gasteiger partial charge in [0.1, 0.15) is 5.69 Å².